The largest absolute Gasteiger partial charge is 0.367 e. The van der Waals surface area contributed by atoms with Crippen molar-refractivity contribution < 1.29 is 13.2 Å². The zero-order valence-corrected chi connectivity index (χ0v) is 22.4. The molecule has 3 aromatic carbocycles. The Morgan fingerprint density at radius 2 is 1.67 bits per heavy atom. The van der Waals surface area contributed by atoms with Crippen LogP contribution in [-0.2, 0) is 10.0 Å². The molecule has 0 aromatic heterocycles. The molecule has 1 aliphatic heterocycles. The summed E-state index contributed by atoms with van der Waals surface area (Å²) in [6.45, 7) is 5.40. The first-order valence-electron chi connectivity index (χ1n) is 11.6. The average molecular weight is 548 g/mol. The van der Waals surface area contributed by atoms with Gasteiger partial charge in [0.1, 0.15) is 0 Å². The predicted molar refractivity (Wildman–Crippen MR) is 147 cm³/mol. The van der Waals surface area contributed by atoms with Crippen LogP contribution in [0, 0.1) is 0 Å². The Balaban J connectivity index is 1.65. The van der Waals surface area contributed by atoms with E-state index in [-0.39, 0.29) is 22.0 Å². The molecule has 7 nitrogen and oxygen atoms in total. The number of sulfonamides is 1. The second-order valence-corrected chi connectivity index (χ2v) is 11.3. The molecule has 0 radical (unpaired) electrons. The van der Waals surface area contributed by atoms with Gasteiger partial charge in [0.2, 0.25) is 0 Å². The normalized spacial score (nSPS) is 14.5. The van der Waals surface area contributed by atoms with E-state index in [1.165, 1.54) is 22.5 Å². The van der Waals surface area contributed by atoms with Crippen LogP contribution in [0.5, 0.6) is 0 Å². The van der Waals surface area contributed by atoms with Crippen molar-refractivity contribution in [1.82, 2.24) is 4.90 Å². The van der Waals surface area contributed by atoms with Gasteiger partial charge in [0.25, 0.3) is 15.9 Å². The Hall–Kier alpha value is -2.78. The third-order valence-corrected chi connectivity index (χ3v) is 8.62. The summed E-state index contributed by atoms with van der Waals surface area (Å²) in [4.78, 5) is 17.8. The number of nitrogens with one attached hydrogen (secondary N) is 1. The van der Waals surface area contributed by atoms with Crippen LogP contribution in [0.15, 0.2) is 71.6 Å². The number of anilines is 3. The summed E-state index contributed by atoms with van der Waals surface area (Å²) in [7, 11) is -1.85. The summed E-state index contributed by atoms with van der Waals surface area (Å²) in [6.07, 6.45) is 0. The van der Waals surface area contributed by atoms with Gasteiger partial charge in [-0.05, 0) is 62.5 Å². The summed E-state index contributed by atoms with van der Waals surface area (Å²) in [5, 5.41) is 3.53. The molecule has 1 heterocycles. The number of rotatable bonds is 7. The first-order chi connectivity index (χ1) is 17.2. The van der Waals surface area contributed by atoms with Gasteiger partial charge in [-0.2, -0.15) is 0 Å². The Morgan fingerprint density at radius 3 is 2.33 bits per heavy atom. The van der Waals surface area contributed by atoms with Crippen molar-refractivity contribution in [3.63, 3.8) is 0 Å². The van der Waals surface area contributed by atoms with E-state index in [1.54, 1.807) is 43.3 Å². The van der Waals surface area contributed by atoms with Crippen molar-refractivity contribution in [1.29, 1.82) is 0 Å². The summed E-state index contributed by atoms with van der Waals surface area (Å²) < 4.78 is 28.2. The molecule has 0 spiro atoms. The van der Waals surface area contributed by atoms with Crippen molar-refractivity contribution in [2.45, 2.75) is 11.8 Å². The zero-order valence-electron chi connectivity index (χ0n) is 20.1. The summed E-state index contributed by atoms with van der Waals surface area (Å²) in [5.74, 6) is -0.516. The zero-order chi connectivity index (χ0) is 25.9. The van der Waals surface area contributed by atoms with Crippen LogP contribution in [0.1, 0.15) is 17.3 Å². The van der Waals surface area contributed by atoms with E-state index >= 15 is 0 Å². The highest BCUT2D eigenvalue weighted by Crippen LogP contribution is 2.32. The third-order valence-electron chi connectivity index (χ3n) is 6.15. The highest BCUT2D eigenvalue weighted by molar-refractivity contribution is 7.92. The van der Waals surface area contributed by atoms with Gasteiger partial charge in [0, 0.05) is 37.7 Å². The lowest BCUT2D eigenvalue weighted by Crippen LogP contribution is -2.44. The van der Waals surface area contributed by atoms with E-state index in [9.17, 15) is 13.2 Å². The molecule has 1 saturated heterocycles. The minimum atomic E-state index is -3.93. The molecule has 4 rings (SSSR count). The third kappa shape index (κ3) is 5.62. The van der Waals surface area contributed by atoms with E-state index in [1.807, 2.05) is 12.1 Å². The molecule has 1 aliphatic rings. The number of hydrogen-bond acceptors (Lipinski definition) is 5. The Labute approximate surface area is 222 Å². The molecule has 36 heavy (non-hydrogen) atoms. The molecule has 190 valence electrons. The number of likely N-dealkylation sites (N-methyl/N-ethyl adjacent to an activating group) is 1. The van der Waals surface area contributed by atoms with Crippen molar-refractivity contribution >= 4 is 56.2 Å². The number of amides is 1. The lowest BCUT2D eigenvalue weighted by Gasteiger charge is -2.35. The Kier molecular flexibility index (Phi) is 8.10. The first-order valence-corrected chi connectivity index (χ1v) is 13.8. The second-order valence-electron chi connectivity index (χ2n) is 8.55. The number of hydrogen-bond donors (Lipinski definition) is 1. The first kappa shape index (κ1) is 26.3. The maximum absolute atomic E-state index is 13.5. The summed E-state index contributed by atoms with van der Waals surface area (Å²) in [5.41, 5.74) is 1.99. The molecule has 1 N–H and O–H groups in total. The molecule has 0 bridgehead atoms. The van der Waals surface area contributed by atoms with Crippen molar-refractivity contribution in [3.05, 3.63) is 82.3 Å². The van der Waals surface area contributed by atoms with Crippen LogP contribution in [0.25, 0.3) is 0 Å². The molecule has 10 heteroatoms. The van der Waals surface area contributed by atoms with Gasteiger partial charge in [-0.1, -0.05) is 41.4 Å². The van der Waals surface area contributed by atoms with Gasteiger partial charge in [-0.3, -0.25) is 9.10 Å². The van der Waals surface area contributed by atoms with Crippen LogP contribution >= 0.6 is 23.2 Å². The summed E-state index contributed by atoms with van der Waals surface area (Å²) in [6, 6.07) is 18.3. The number of nitrogens with zero attached hydrogens (tertiary/aromatic N) is 3. The smallest absolute Gasteiger partial charge is 0.264 e. The topological polar surface area (TPSA) is 73.0 Å². The number of piperazine rings is 1. The fourth-order valence-electron chi connectivity index (χ4n) is 4.17. The summed E-state index contributed by atoms with van der Waals surface area (Å²) >= 11 is 12.6. The minimum absolute atomic E-state index is 0.0202. The van der Waals surface area contributed by atoms with Gasteiger partial charge in [0.15, 0.2) is 0 Å². The van der Waals surface area contributed by atoms with Gasteiger partial charge >= 0.3 is 0 Å². The number of para-hydroxylation sites is 1. The van der Waals surface area contributed by atoms with E-state index < -0.39 is 15.9 Å². The molecular formula is C26H28Cl2N4O3S. The number of benzene rings is 3. The van der Waals surface area contributed by atoms with Gasteiger partial charge in [0.05, 0.1) is 32.5 Å². The lowest BCUT2D eigenvalue weighted by atomic mass is 10.1. The molecular weight excluding hydrogens is 519 g/mol. The van der Waals surface area contributed by atoms with Crippen molar-refractivity contribution in [2.75, 3.05) is 54.3 Å². The molecule has 1 amide bonds. The van der Waals surface area contributed by atoms with Crippen molar-refractivity contribution in [3.8, 4) is 0 Å². The van der Waals surface area contributed by atoms with E-state index in [0.29, 0.717) is 16.4 Å². The Morgan fingerprint density at radius 1 is 0.972 bits per heavy atom. The monoisotopic (exact) mass is 546 g/mol. The Bertz CT molecular complexity index is 1340. The van der Waals surface area contributed by atoms with Gasteiger partial charge in [-0.15, -0.1) is 0 Å². The van der Waals surface area contributed by atoms with Crippen LogP contribution in [0.3, 0.4) is 0 Å². The van der Waals surface area contributed by atoms with Crippen molar-refractivity contribution in [2.24, 2.45) is 0 Å². The number of carbonyl (C=O) groups is 1. The highest BCUT2D eigenvalue weighted by atomic mass is 35.5. The van der Waals surface area contributed by atoms with Gasteiger partial charge in [-0.25, -0.2) is 8.42 Å². The fourth-order valence-corrected chi connectivity index (χ4v) is 6.05. The highest BCUT2D eigenvalue weighted by Gasteiger charge is 2.26. The molecule has 3 aromatic rings. The predicted octanol–water partition coefficient (Wildman–Crippen LogP) is 5.21. The quantitative estimate of drug-likeness (QED) is 0.440. The van der Waals surface area contributed by atoms with E-state index in [0.717, 1.165) is 31.9 Å². The van der Waals surface area contributed by atoms with Crippen LogP contribution in [-0.4, -0.2) is 59.0 Å². The molecule has 0 atom stereocenters. The molecule has 0 aliphatic carbocycles. The number of carbonyl (C=O) groups excluding carboxylic acids is 1. The minimum Gasteiger partial charge on any atom is -0.367 e. The molecule has 0 unspecified atom stereocenters. The van der Waals surface area contributed by atoms with Gasteiger partial charge < -0.3 is 15.1 Å². The fraction of sp³-hybridized carbons (Fsp3) is 0.269. The SMILES string of the molecule is CCN(c1ccccc1)S(=O)(=O)c1ccc(Cl)c(C(=O)Nc2cc(Cl)ccc2N2CCN(C)CC2)c1. The van der Waals surface area contributed by atoms with Crippen LogP contribution in [0.2, 0.25) is 10.0 Å². The van der Waals surface area contributed by atoms with E-state index in [2.05, 4.69) is 22.2 Å². The maximum atomic E-state index is 13.5. The molecule has 0 saturated carbocycles. The second kappa shape index (κ2) is 11.1. The average Bonchev–Trinajstić information content (AvgIpc) is 2.86. The lowest BCUT2D eigenvalue weighted by molar-refractivity contribution is 0.102. The standard InChI is InChI=1S/C26H28Cl2N4O3S/c1-3-32(20-7-5-4-6-8-20)36(34,35)21-10-11-23(28)22(18-21)26(33)29-24-17-19(27)9-12-25(24)31-15-13-30(2)14-16-31/h4-12,17-18H,3,13-16H2,1-2H3,(H,29,33). The maximum Gasteiger partial charge on any atom is 0.264 e. The van der Waals surface area contributed by atoms with Crippen LogP contribution < -0.4 is 14.5 Å². The van der Waals surface area contributed by atoms with E-state index in [4.69, 9.17) is 23.2 Å². The molecule has 1 fully saturated rings. The van der Waals surface area contributed by atoms with Crippen LogP contribution in [0.4, 0.5) is 17.1 Å². The number of halogens is 2.